The van der Waals surface area contributed by atoms with Gasteiger partial charge in [-0.25, -0.2) is 8.78 Å². The Morgan fingerprint density at radius 1 is 0.526 bits per heavy atom. The van der Waals surface area contributed by atoms with Crippen LogP contribution in [0.15, 0.2) is 48.5 Å². The van der Waals surface area contributed by atoms with E-state index in [-0.39, 0.29) is 11.6 Å². The number of halogens is 2. The highest BCUT2D eigenvalue weighted by atomic mass is 19.1. The Balaban J connectivity index is 1.64. The van der Waals surface area contributed by atoms with Crippen molar-refractivity contribution in [3.8, 4) is 0 Å². The number of rotatable bonds is 6. The van der Waals surface area contributed by atoms with Crippen molar-refractivity contribution >= 4 is 0 Å². The van der Waals surface area contributed by atoms with Gasteiger partial charge in [-0.15, -0.1) is 0 Å². The van der Waals surface area contributed by atoms with Crippen LogP contribution < -0.4 is 0 Å². The van der Waals surface area contributed by atoms with E-state index in [4.69, 9.17) is 0 Å². The lowest BCUT2D eigenvalue weighted by molar-refractivity contribution is 0.624. The third-order valence-electron chi connectivity index (χ3n) is 3.26. The van der Waals surface area contributed by atoms with E-state index in [1.165, 1.54) is 35.4 Å². The molecule has 0 unspecified atom stereocenters. The summed E-state index contributed by atoms with van der Waals surface area (Å²) in [4.78, 5) is 0. The van der Waals surface area contributed by atoms with E-state index in [1.807, 2.05) is 24.3 Å². The third kappa shape index (κ3) is 4.82. The van der Waals surface area contributed by atoms with Crippen molar-refractivity contribution in [3.63, 3.8) is 0 Å². The Labute approximate surface area is 113 Å². The minimum absolute atomic E-state index is 0.181. The zero-order valence-electron chi connectivity index (χ0n) is 10.9. The second kappa shape index (κ2) is 7.03. The topological polar surface area (TPSA) is 0 Å². The molecule has 0 fully saturated rings. The van der Waals surface area contributed by atoms with E-state index in [9.17, 15) is 8.78 Å². The number of hydrogen-bond acceptors (Lipinski definition) is 0. The molecule has 0 aliphatic carbocycles. The molecule has 2 rings (SSSR count). The molecule has 0 amide bonds. The summed E-state index contributed by atoms with van der Waals surface area (Å²) >= 11 is 0. The van der Waals surface area contributed by atoms with Gasteiger partial charge in [-0.05, 0) is 61.1 Å². The average Bonchev–Trinajstić information content (AvgIpc) is 2.43. The maximum absolute atomic E-state index is 12.7. The van der Waals surface area contributed by atoms with Crippen LogP contribution in [0.2, 0.25) is 0 Å². The van der Waals surface area contributed by atoms with Crippen LogP contribution in [0, 0.1) is 11.6 Å². The lowest BCUT2D eigenvalue weighted by Crippen LogP contribution is -1.89. The highest BCUT2D eigenvalue weighted by Crippen LogP contribution is 2.11. The largest absolute Gasteiger partial charge is 0.207 e. The van der Waals surface area contributed by atoms with Gasteiger partial charge in [-0.3, -0.25) is 0 Å². The first-order chi connectivity index (χ1) is 9.24. The predicted octanol–water partition coefficient (Wildman–Crippen LogP) is 4.92. The summed E-state index contributed by atoms with van der Waals surface area (Å²) in [7, 11) is 0. The fourth-order valence-electron chi connectivity index (χ4n) is 2.14. The van der Waals surface area contributed by atoms with Crippen molar-refractivity contribution in [1.82, 2.24) is 0 Å². The van der Waals surface area contributed by atoms with Gasteiger partial charge in [0.1, 0.15) is 11.6 Å². The number of benzene rings is 2. The van der Waals surface area contributed by atoms with Crippen LogP contribution in [0.25, 0.3) is 0 Å². The summed E-state index contributed by atoms with van der Waals surface area (Å²) < 4.78 is 25.4. The van der Waals surface area contributed by atoms with Gasteiger partial charge in [0.2, 0.25) is 0 Å². The first-order valence-electron chi connectivity index (χ1n) is 6.73. The fraction of sp³-hybridized carbons (Fsp3) is 0.294. The molecule has 0 bridgehead atoms. The Kier molecular flexibility index (Phi) is 5.08. The summed E-state index contributed by atoms with van der Waals surface area (Å²) in [6, 6.07) is 13.4. The molecule has 0 nitrogen and oxygen atoms in total. The van der Waals surface area contributed by atoms with E-state index in [0.29, 0.717) is 0 Å². The maximum atomic E-state index is 12.7. The van der Waals surface area contributed by atoms with Gasteiger partial charge in [0.25, 0.3) is 0 Å². The van der Waals surface area contributed by atoms with Crippen LogP contribution in [0.1, 0.15) is 30.4 Å². The summed E-state index contributed by atoms with van der Waals surface area (Å²) in [5.41, 5.74) is 2.37. The SMILES string of the molecule is Fc1ccc(CCCCCc2ccc(F)cc2)cc1. The quantitative estimate of drug-likeness (QED) is 0.647. The molecular formula is C17H18F2. The molecule has 19 heavy (non-hydrogen) atoms. The summed E-state index contributed by atoms with van der Waals surface area (Å²) in [5.74, 6) is -0.361. The molecule has 0 saturated heterocycles. The lowest BCUT2D eigenvalue weighted by atomic mass is 10.0. The van der Waals surface area contributed by atoms with Crippen LogP contribution in [-0.2, 0) is 12.8 Å². The van der Waals surface area contributed by atoms with E-state index >= 15 is 0 Å². The number of hydrogen-bond donors (Lipinski definition) is 0. The fourth-order valence-corrected chi connectivity index (χ4v) is 2.14. The lowest BCUT2D eigenvalue weighted by Gasteiger charge is -2.03. The summed E-state index contributed by atoms with van der Waals surface area (Å²) in [6.45, 7) is 0. The van der Waals surface area contributed by atoms with E-state index in [0.717, 1.165) is 32.1 Å². The van der Waals surface area contributed by atoms with Crippen LogP contribution in [0.5, 0.6) is 0 Å². The van der Waals surface area contributed by atoms with Crippen LogP contribution in [0.4, 0.5) is 8.78 Å². The molecule has 0 aromatic heterocycles. The van der Waals surface area contributed by atoms with Gasteiger partial charge in [-0.1, -0.05) is 30.7 Å². The standard InChI is InChI=1S/C17H18F2/c18-16-10-6-14(7-11-16)4-2-1-3-5-15-8-12-17(19)13-9-15/h6-13H,1-5H2. The molecule has 100 valence electrons. The number of unbranched alkanes of at least 4 members (excludes halogenated alkanes) is 2. The van der Waals surface area contributed by atoms with Gasteiger partial charge in [0.05, 0.1) is 0 Å². The molecule has 0 radical (unpaired) electrons. The van der Waals surface area contributed by atoms with Gasteiger partial charge >= 0.3 is 0 Å². The summed E-state index contributed by atoms with van der Waals surface area (Å²) in [6.07, 6.45) is 5.32. The molecule has 2 aromatic carbocycles. The zero-order valence-corrected chi connectivity index (χ0v) is 10.9. The smallest absolute Gasteiger partial charge is 0.123 e. The van der Waals surface area contributed by atoms with Crippen LogP contribution in [-0.4, -0.2) is 0 Å². The van der Waals surface area contributed by atoms with E-state index < -0.39 is 0 Å². The first-order valence-corrected chi connectivity index (χ1v) is 6.73. The molecule has 0 aliphatic rings. The van der Waals surface area contributed by atoms with Gasteiger partial charge in [-0.2, -0.15) is 0 Å². The van der Waals surface area contributed by atoms with Crippen molar-refractivity contribution in [3.05, 3.63) is 71.3 Å². The normalized spacial score (nSPS) is 10.6. The predicted molar refractivity (Wildman–Crippen MR) is 74.1 cm³/mol. The van der Waals surface area contributed by atoms with Crippen LogP contribution in [0.3, 0.4) is 0 Å². The Morgan fingerprint density at radius 2 is 0.895 bits per heavy atom. The van der Waals surface area contributed by atoms with Crippen molar-refractivity contribution in [2.24, 2.45) is 0 Å². The van der Waals surface area contributed by atoms with Crippen LogP contribution >= 0.6 is 0 Å². The monoisotopic (exact) mass is 260 g/mol. The highest BCUT2D eigenvalue weighted by molar-refractivity contribution is 5.17. The minimum atomic E-state index is -0.181. The second-order valence-corrected chi connectivity index (χ2v) is 4.81. The van der Waals surface area contributed by atoms with Gasteiger partial charge in [0.15, 0.2) is 0 Å². The van der Waals surface area contributed by atoms with E-state index in [1.54, 1.807) is 0 Å². The maximum Gasteiger partial charge on any atom is 0.123 e. The highest BCUT2D eigenvalue weighted by Gasteiger charge is 1.97. The number of aryl methyl sites for hydroxylation is 2. The zero-order chi connectivity index (χ0) is 13.5. The molecule has 2 heteroatoms. The Bertz CT molecular complexity index is 438. The molecule has 0 saturated carbocycles. The Morgan fingerprint density at radius 3 is 1.26 bits per heavy atom. The molecule has 0 heterocycles. The van der Waals surface area contributed by atoms with Crippen molar-refractivity contribution < 1.29 is 8.78 Å². The van der Waals surface area contributed by atoms with Crippen molar-refractivity contribution in [2.75, 3.05) is 0 Å². The molecule has 0 aliphatic heterocycles. The van der Waals surface area contributed by atoms with Crippen molar-refractivity contribution in [1.29, 1.82) is 0 Å². The first kappa shape index (κ1) is 13.7. The third-order valence-corrected chi connectivity index (χ3v) is 3.26. The molecule has 2 aromatic rings. The van der Waals surface area contributed by atoms with Crippen molar-refractivity contribution in [2.45, 2.75) is 32.1 Å². The molecular weight excluding hydrogens is 242 g/mol. The molecule has 0 spiro atoms. The summed E-state index contributed by atoms with van der Waals surface area (Å²) in [5, 5.41) is 0. The van der Waals surface area contributed by atoms with E-state index in [2.05, 4.69) is 0 Å². The second-order valence-electron chi connectivity index (χ2n) is 4.81. The molecule has 0 atom stereocenters. The van der Waals surface area contributed by atoms with Gasteiger partial charge < -0.3 is 0 Å². The minimum Gasteiger partial charge on any atom is -0.207 e. The average molecular weight is 260 g/mol. The van der Waals surface area contributed by atoms with Gasteiger partial charge in [0, 0.05) is 0 Å². The molecule has 0 N–H and O–H groups in total. The Hall–Kier alpha value is -1.70.